The quantitative estimate of drug-likeness (QED) is 0.442. The minimum atomic E-state index is -1.70. The number of rotatable bonds is 6. The van der Waals surface area contributed by atoms with Crippen molar-refractivity contribution in [3.8, 4) is 0 Å². The number of hydrogen-bond acceptors (Lipinski definition) is 6. The molecule has 12 heteroatoms. The number of nitrogen functional groups attached to an aromatic ring is 1. The predicted molar refractivity (Wildman–Crippen MR) is 84.1 cm³/mol. The van der Waals surface area contributed by atoms with Gasteiger partial charge in [-0.2, -0.15) is 4.98 Å². The van der Waals surface area contributed by atoms with Crippen molar-refractivity contribution in [2.75, 3.05) is 17.6 Å². The van der Waals surface area contributed by atoms with E-state index in [1.807, 2.05) is 5.32 Å². The van der Waals surface area contributed by atoms with Gasteiger partial charge in [0.05, 0.1) is 17.5 Å². The van der Waals surface area contributed by atoms with E-state index in [0.717, 1.165) is 17.8 Å². The average Bonchev–Trinajstić information content (AvgIpc) is 2.98. The molecule has 0 saturated carbocycles. The van der Waals surface area contributed by atoms with Crippen molar-refractivity contribution in [2.45, 2.75) is 17.3 Å². The zero-order valence-electron chi connectivity index (χ0n) is 12.8. The number of nitrogens with two attached hydrogens (primary N) is 1. The van der Waals surface area contributed by atoms with Crippen LogP contribution >= 0.6 is 11.8 Å². The summed E-state index contributed by atoms with van der Waals surface area (Å²) in [6.07, 6.45) is 0. The molecule has 0 saturated heterocycles. The number of carbonyl (C=O) groups excluding carboxylic acids is 2. The molecule has 0 aliphatic heterocycles. The minimum absolute atomic E-state index is 0.100. The third-order valence-electron chi connectivity index (χ3n) is 2.87. The highest BCUT2D eigenvalue weighted by Gasteiger charge is 2.19. The Morgan fingerprint density at radius 3 is 2.68 bits per heavy atom. The van der Waals surface area contributed by atoms with Crippen LogP contribution in [0.15, 0.2) is 17.3 Å². The summed E-state index contributed by atoms with van der Waals surface area (Å²) in [7, 11) is 0. The first-order valence-corrected chi connectivity index (χ1v) is 7.71. The maximum atomic E-state index is 13.4. The maximum Gasteiger partial charge on any atom is 0.243 e. The molecular formula is C13H13F3N6O2S. The average molecular weight is 374 g/mol. The largest absolute Gasteiger partial charge is 0.368 e. The first kappa shape index (κ1) is 18.6. The van der Waals surface area contributed by atoms with Gasteiger partial charge < -0.3 is 16.4 Å². The van der Waals surface area contributed by atoms with Crippen LogP contribution in [0.1, 0.15) is 6.92 Å². The number of carbonyl (C=O) groups is 2. The van der Waals surface area contributed by atoms with Gasteiger partial charge >= 0.3 is 0 Å². The van der Waals surface area contributed by atoms with Gasteiger partial charge in [-0.25, -0.2) is 18.3 Å². The Morgan fingerprint density at radius 2 is 2.04 bits per heavy atom. The molecule has 0 aliphatic carbocycles. The van der Waals surface area contributed by atoms with Gasteiger partial charge in [-0.05, 0) is 19.1 Å². The van der Waals surface area contributed by atoms with Crippen LogP contribution in [0, 0.1) is 17.5 Å². The Bertz CT molecular complexity index is 800. The summed E-state index contributed by atoms with van der Waals surface area (Å²) < 4.78 is 39.3. The number of hydrogen-bond donors (Lipinski definition) is 4. The molecule has 0 spiro atoms. The third kappa shape index (κ3) is 4.86. The van der Waals surface area contributed by atoms with Crippen LogP contribution < -0.4 is 16.4 Å². The summed E-state index contributed by atoms with van der Waals surface area (Å²) in [6, 6.07) is 1.55. The molecule has 0 radical (unpaired) electrons. The molecule has 5 N–H and O–H groups in total. The number of nitrogens with one attached hydrogen (secondary N) is 3. The number of nitrogens with zero attached hydrogens (tertiary/aromatic N) is 2. The highest BCUT2D eigenvalue weighted by atomic mass is 32.2. The highest BCUT2D eigenvalue weighted by molar-refractivity contribution is 8.00. The molecule has 1 aromatic heterocycles. The van der Waals surface area contributed by atoms with Crippen LogP contribution in [-0.4, -0.2) is 38.8 Å². The van der Waals surface area contributed by atoms with E-state index in [1.54, 1.807) is 6.92 Å². The van der Waals surface area contributed by atoms with Crippen molar-refractivity contribution >= 4 is 35.2 Å². The smallest absolute Gasteiger partial charge is 0.243 e. The summed E-state index contributed by atoms with van der Waals surface area (Å²) in [4.78, 5) is 27.4. The monoisotopic (exact) mass is 374 g/mol. The predicted octanol–water partition coefficient (Wildman–Crippen LogP) is 1.04. The van der Waals surface area contributed by atoms with E-state index in [9.17, 15) is 22.8 Å². The van der Waals surface area contributed by atoms with E-state index < -0.39 is 46.7 Å². The van der Waals surface area contributed by atoms with E-state index in [-0.39, 0.29) is 11.1 Å². The van der Waals surface area contributed by atoms with Crippen LogP contribution in [0.2, 0.25) is 0 Å². The van der Waals surface area contributed by atoms with E-state index >= 15 is 0 Å². The lowest BCUT2D eigenvalue weighted by molar-refractivity contribution is -0.123. The maximum absolute atomic E-state index is 13.4. The number of anilines is 2. The zero-order chi connectivity index (χ0) is 18.6. The molecule has 1 heterocycles. The minimum Gasteiger partial charge on any atom is -0.368 e. The fourth-order valence-corrected chi connectivity index (χ4v) is 2.41. The van der Waals surface area contributed by atoms with Crippen molar-refractivity contribution in [1.29, 1.82) is 0 Å². The summed E-state index contributed by atoms with van der Waals surface area (Å²) in [5.41, 5.74) is 4.83. The molecule has 0 bridgehead atoms. The van der Waals surface area contributed by atoms with E-state index in [1.165, 1.54) is 0 Å². The van der Waals surface area contributed by atoms with Crippen molar-refractivity contribution in [1.82, 2.24) is 20.5 Å². The second kappa shape index (κ2) is 7.88. The van der Waals surface area contributed by atoms with Gasteiger partial charge in [0.25, 0.3) is 0 Å². The lowest BCUT2D eigenvalue weighted by Gasteiger charge is -2.11. The van der Waals surface area contributed by atoms with Crippen molar-refractivity contribution in [2.24, 2.45) is 0 Å². The van der Waals surface area contributed by atoms with Crippen LogP contribution in [0.4, 0.5) is 24.8 Å². The number of halogens is 3. The van der Waals surface area contributed by atoms with E-state index in [2.05, 4.69) is 20.5 Å². The topological polar surface area (TPSA) is 126 Å². The van der Waals surface area contributed by atoms with Gasteiger partial charge in [0.1, 0.15) is 0 Å². The fraction of sp³-hybridized carbons (Fsp3) is 0.231. The molecule has 2 aromatic rings. The van der Waals surface area contributed by atoms with Gasteiger partial charge in [-0.3, -0.25) is 9.59 Å². The Balaban J connectivity index is 1.85. The summed E-state index contributed by atoms with van der Waals surface area (Å²) >= 11 is 1.01. The molecule has 2 amide bonds. The standard InChI is InChI=1S/C13H13F3N6O2S/c1-5(25-13-20-12(17)21-22-13)11(24)18-4-8(23)19-7-3-2-6(14)9(15)10(7)16/h2-3,5H,4H2,1H3,(H,18,24)(H,19,23)(H3,17,20,21,22). The van der Waals surface area contributed by atoms with E-state index in [0.29, 0.717) is 6.07 Å². The van der Waals surface area contributed by atoms with Gasteiger partial charge in [-0.1, -0.05) is 11.8 Å². The lowest BCUT2D eigenvalue weighted by atomic mass is 10.2. The molecule has 134 valence electrons. The first-order valence-electron chi connectivity index (χ1n) is 6.83. The number of aromatic amines is 1. The Hall–Kier alpha value is -2.76. The second-order valence-corrected chi connectivity index (χ2v) is 6.06. The molecule has 8 nitrogen and oxygen atoms in total. The summed E-state index contributed by atoms with van der Waals surface area (Å²) in [6.45, 7) is 1.07. The molecule has 2 rings (SSSR count). The van der Waals surface area contributed by atoms with Gasteiger partial charge in [0, 0.05) is 0 Å². The van der Waals surface area contributed by atoms with Crippen molar-refractivity contribution in [3.05, 3.63) is 29.6 Å². The number of amides is 2. The van der Waals surface area contributed by atoms with Gasteiger partial charge in [-0.15, -0.1) is 5.10 Å². The molecule has 25 heavy (non-hydrogen) atoms. The van der Waals surface area contributed by atoms with E-state index in [4.69, 9.17) is 5.73 Å². The van der Waals surface area contributed by atoms with Crippen molar-refractivity contribution < 1.29 is 22.8 Å². The number of benzene rings is 1. The molecular weight excluding hydrogens is 361 g/mol. The Labute approximate surface area is 143 Å². The molecule has 0 fully saturated rings. The molecule has 0 aliphatic rings. The van der Waals surface area contributed by atoms with Crippen LogP contribution in [0.25, 0.3) is 0 Å². The van der Waals surface area contributed by atoms with Crippen LogP contribution in [0.3, 0.4) is 0 Å². The summed E-state index contributed by atoms with van der Waals surface area (Å²) in [5.74, 6) is -5.80. The zero-order valence-corrected chi connectivity index (χ0v) is 13.6. The van der Waals surface area contributed by atoms with Crippen LogP contribution in [-0.2, 0) is 9.59 Å². The SMILES string of the molecule is CC(Sc1n[nH]c(N)n1)C(=O)NCC(=O)Nc1ccc(F)c(F)c1F. The highest BCUT2D eigenvalue weighted by Crippen LogP contribution is 2.20. The summed E-state index contributed by atoms with van der Waals surface area (Å²) in [5, 5.41) is 10.1. The normalized spacial score (nSPS) is 11.8. The lowest BCUT2D eigenvalue weighted by Crippen LogP contribution is -2.37. The van der Waals surface area contributed by atoms with Crippen LogP contribution in [0.5, 0.6) is 0 Å². The van der Waals surface area contributed by atoms with Crippen molar-refractivity contribution in [3.63, 3.8) is 0 Å². The fourth-order valence-electron chi connectivity index (χ4n) is 1.65. The third-order valence-corrected chi connectivity index (χ3v) is 3.83. The number of aromatic nitrogens is 3. The molecule has 1 atom stereocenters. The van der Waals surface area contributed by atoms with Gasteiger partial charge in [0.15, 0.2) is 17.5 Å². The molecule has 1 unspecified atom stereocenters. The Kier molecular flexibility index (Phi) is 5.85. The molecule has 1 aromatic carbocycles. The Morgan fingerprint density at radius 1 is 1.32 bits per heavy atom. The number of thioether (sulfide) groups is 1. The van der Waals surface area contributed by atoms with Gasteiger partial charge in [0.2, 0.25) is 22.9 Å². The number of H-pyrrole nitrogens is 1. The second-order valence-electron chi connectivity index (χ2n) is 4.75. The first-order chi connectivity index (χ1) is 11.8.